The zero-order valence-electron chi connectivity index (χ0n) is 19.2. The SMILES string of the molecule is CCOP(=O)(Cc1ccc2cc3ccccc3cc2c1CP(=O)(OCC)OCC)OCC. The molecule has 3 aromatic rings. The smallest absolute Gasteiger partial charge is 0.309 e. The summed E-state index contributed by atoms with van der Waals surface area (Å²) in [5, 5.41) is 4.12. The standard InChI is InChI=1S/C24H32O6P2/c1-5-27-31(25,28-6-2)17-22-14-13-21-15-19-11-9-10-12-20(19)16-23(21)24(22)18-32(26,29-7-3)30-8-4/h9-16H,5-8,17-18H2,1-4H3. The lowest BCUT2D eigenvalue weighted by molar-refractivity contribution is 0.217. The van der Waals surface area contributed by atoms with Crippen LogP contribution in [-0.2, 0) is 39.5 Å². The van der Waals surface area contributed by atoms with Crippen LogP contribution in [0.1, 0.15) is 38.8 Å². The monoisotopic (exact) mass is 478 g/mol. The highest BCUT2D eigenvalue weighted by Crippen LogP contribution is 2.56. The summed E-state index contributed by atoms with van der Waals surface area (Å²) in [6.07, 6.45) is 0.170. The van der Waals surface area contributed by atoms with E-state index in [-0.39, 0.29) is 38.8 Å². The molecular weight excluding hydrogens is 446 g/mol. The van der Waals surface area contributed by atoms with Gasteiger partial charge in [-0.3, -0.25) is 9.13 Å². The van der Waals surface area contributed by atoms with Crippen molar-refractivity contribution in [2.24, 2.45) is 0 Å². The maximum atomic E-state index is 13.5. The molecule has 32 heavy (non-hydrogen) atoms. The Bertz CT molecular complexity index is 1140. The molecule has 0 radical (unpaired) electrons. The first-order valence-electron chi connectivity index (χ1n) is 11.1. The van der Waals surface area contributed by atoms with E-state index in [9.17, 15) is 9.13 Å². The predicted molar refractivity (Wildman–Crippen MR) is 131 cm³/mol. The van der Waals surface area contributed by atoms with Crippen LogP contribution in [0.4, 0.5) is 0 Å². The van der Waals surface area contributed by atoms with Crippen molar-refractivity contribution in [1.82, 2.24) is 0 Å². The van der Waals surface area contributed by atoms with Crippen LogP contribution in [0, 0.1) is 0 Å². The number of benzene rings is 3. The first kappa shape index (κ1) is 25.1. The second-order valence-electron chi connectivity index (χ2n) is 7.33. The minimum absolute atomic E-state index is 0.0813. The summed E-state index contributed by atoms with van der Waals surface area (Å²) in [5.74, 6) is 0. The molecule has 0 amide bonds. The maximum absolute atomic E-state index is 13.5. The molecule has 0 heterocycles. The first-order valence-corrected chi connectivity index (χ1v) is 14.5. The Morgan fingerprint density at radius 1 is 0.625 bits per heavy atom. The summed E-state index contributed by atoms with van der Waals surface area (Å²) in [6.45, 7) is 8.27. The average molecular weight is 478 g/mol. The molecular formula is C24H32O6P2. The van der Waals surface area contributed by atoms with Gasteiger partial charge in [0.05, 0.1) is 38.8 Å². The second-order valence-corrected chi connectivity index (χ2v) is 11.4. The summed E-state index contributed by atoms with van der Waals surface area (Å²) in [7, 11) is -6.76. The normalized spacial score (nSPS) is 12.6. The molecule has 0 saturated carbocycles. The molecule has 174 valence electrons. The fraction of sp³-hybridized carbons (Fsp3) is 0.417. The highest BCUT2D eigenvalue weighted by Gasteiger charge is 2.30. The summed E-state index contributed by atoms with van der Waals surface area (Å²) < 4.78 is 49.1. The molecule has 0 unspecified atom stereocenters. The van der Waals surface area contributed by atoms with Gasteiger partial charge in [-0.15, -0.1) is 0 Å². The van der Waals surface area contributed by atoms with Gasteiger partial charge < -0.3 is 18.1 Å². The van der Waals surface area contributed by atoms with Gasteiger partial charge in [-0.05, 0) is 72.5 Å². The van der Waals surface area contributed by atoms with E-state index < -0.39 is 15.2 Å². The van der Waals surface area contributed by atoms with E-state index in [2.05, 4.69) is 18.2 Å². The zero-order chi connectivity index (χ0) is 23.2. The molecule has 8 heteroatoms. The van der Waals surface area contributed by atoms with Gasteiger partial charge in [-0.1, -0.05) is 36.4 Å². The van der Waals surface area contributed by atoms with E-state index in [1.807, 2.05) is 30.3 Å². The average Bonchev–Trinajstić information content (AvgIpc) is 2.75. The van der Waals surface area contributed by atoms with Gasteiger partial charge in [-0.2, -0.15) is 0 Å². The third-order valence-corrected chi connectivity index (χ3v) is 9.15. The van der Waals surface area contributed by atoms with Crippen LogP contribution in [-0.4, -0.2) is 26.4 Å². The summed E-state index contributed by atoms with van der Waals surface area (Å²) in [4.78, 5) is 0. The predicted octanol–water partition coefficient (Wildman–Crippen LogP) is 7.53. The van der Waals surface area contributed by atoms with Crippen LogP contribution in [0.3, 0.4) is 0 Å². The van der Waals surface area contributed by atoms with Crippen molar-refractivity contribution in [2.45, 2.75) is 40.0 Å². The molecule has 0 aliphatic heterocycles. The Hall–Kier alpha value is -1.52. The van der Waals surface area contributed by atoms with Crippen molar-refractivity contribution in [2.75, 3.05) is 26.4 Å². The minimum atomic E-state index is -3.40. The Kier molecular flexibility index (Phi) is 8.68. The zero-order valence-corrected chi connectivity index (χ0v) is 21.0. The molecule has 0 aromatic heterocycles. The molecule has 0 atom stereocenters. The van der Waals surface area contributed by atoms with Crippen LogP contribution >= 0.6 is 15.2 Å². The van der Waals surface area contributed by atoms with E-state index in [0.29, 0.717) is 0 Å². The Morgan fingerprint density at radius 3 is 1.66 bits per heavy atom. The van der Waals surface area contributed by atoms with Crippen molar-refractivity contribution in [1.29, 1.82) is 0 Å². The number of hydrogen-bond donors (Lipinski definition) is 0. The van der Waals surface area contributed by atoms with Crippen LogP contribution in [0.5, 0.6) is 0 Å². The molecule has 0 N–H and O–H groups in total. The summed E-state index contributed by atoms with van der Waals surface area (Å²) in [6, 6.07) is 16.2. The molecule has 3 rings (SSSR count). The molecule has 0 fully saturated rings. The van der Waals surface area contributed by atoms with Gasteiger partial charge in [0.1, 0.15) is 0 Å². The quantitative estimate of drug-likeness (QED) is 0.198. The van der Waals surface area contributed by atoms with E-state index in [1.54, 1.807) is 27.7 Å². The third kappa shape index (κ3) is 5.88. The lowest BCUT2D eigenvalue weighted by Gasteiger charge is -2.23. The fourth-order valence-electron chi connectivity index (χ4n) is 3.90. The highest BCUT2D eigenvalue weighted by molar-refractivity contribution is 7.53. The van der Waals surface area contributed by atoms with Crippen LogP contribution < -0.4 is 0 Å². The Balaban J connectivity index is 2.21. The topological polar surface area (TPSA) is 71.1 Å². The Labute approximate surface area is 190 Å². The van der Waals surface area contributed by atoms with E-state index >= 15 is 0 Å². The highest BCUT2D eigenvalue weighted by atomic mass is 31.2. The largest absolute Gasteiger partial charge is 0.335 e. The van der Waals surface area contributed by atoms with Crippen molar-refractivity contribution in [3.63, 3.8) is 0 Å². The minimum Gasteiger partial charge on any atom is -0.309 e. The van der Waals surface area contributed by atoms with Crippen molar-refractivity contribution < 1.29 is 27.2 Å². The van der Waals surface area contributed by atoms with Gasteiger partial charge in [0.15, 0.2) is 0 Å². The first-order chi connectivity index (χ1) is 15.4. The van der Waals surface area contributed by atoms with Gasteiger partial charge in [0.25, 0.3) is 0 Å². The fourth-order valence-corrected chi connectivity index (χ4v) is 7.46. The van der Waals surface area contributed by atoms with E-state index in [1.165, 1.54) is 0 Å². The van der Waals surface area contributed by atoms with Crippen LogP contribution in [0.2, 0.25) is 0 Å². The van der Waals surface area contributed by atoms with Gasteiger partial charge in [0, 0.05) is 0 Å². The third-order valence-electron chi connectivity index (χ3n) is 5.11. The van der Waals surface area contributed by atoms with Gasteiger partial charge in [-0.25, -0.2) is 0 Å². The molecule has 3 aromatic carbocycles. The van der Waals surface area contributed by atoms with Crippen molar-refractivity contribution in [3.05, 3.63) is 59.7 Å². The summed E-state index contributed by atoms with van der Waals surface area (Å²) in [5.41, 5.74) is 1.55. The maximum Gasteiger partial charge on any atom is 0.335 e. The number of hydrogen-bond acceptors (Lipinski definition) is 6. The molecule has 0 bridgehead atoms. The molecule has 0 aliphatic carbocycles. The van der Waals surface area contributed by atoms with E-state index in [4.69, 9.17) is 18.1 Å². The summed E-state index contributed by atoms with van der Waals surface area (Å²) >= 11 is 0. The number of fused-ring (bicyclic) bond motifs is 2. The van der Waals surface area contributed by atoms with Gasteiger partial charge in [0.2, 0.25) is 0 Å². The lowest BCUT2D eigenvalue weighted by atomic mass is 9.97. The lowest BCUT2D eigenvalue weighted by Crippen LogP contribution is -2.05. The van der Waals surface area contributed by atoms with Crippen molar-refractivity contribution in [3.8, 4) is 0 Å². The van der Waals surface area contributed by atoms with Crippen LogP contribution in [0.15, 0.2) is 48.5 Å². The van der Waals surface area contributed by atoms with Crippen molar-refractivity contribution >= 4 is 36.7 Å². The number of rotatable bonds is 12. The molecule has 0 saturated heterocycles. The van der Waals surface area contributed by atoms with Crippen LogP contribution in [0.25, 0.3) is 21.5 Å². The van der Waals surface area contributed by atoms with Gasteiger partial charge >= 0.3 is 15.2 Å². The molecule has 0 aliphatic rings. The molecule has 0 spiro atoms. The Morgan fingerprint density at radius 2 is 1.12 bits per heavy atom. The second kappa shape index (κ2) is 11.1. The van der Waals surface area contributed by atoms with E-state index in [0.717, 1.165) is 32.7 Å². The molecule has 6 nitrogen and oxygen atoms in total.